The third kappa shape index (κ3) is 6.62. The van der Waals surface area contributed by atoms with Crippen LogP contribution in [0.25, 0.3) is 21.3 Å². The summed E-state index contributed by atoms with van der Waals surface area (Å²) in [5.41, 5.74) is 0.0419. The molecule has 1 aliphatic rings. The molecular formula is C23H23F3N4O5S2. The first-order valence-electron chi connectivity index (χ1n) is 11.2. The van der Waals surface area contributed by atoms with Gasteiger partial charge in [-0.15, -0.1) is 11.3 Å². The maximum Gasteiger partial charge on any atom is 0.433 e. The summed E-state index contributed by atoms with van der Waals surface area (Å²) < 4.78 is 70.7. The number of ether oxygens (including phenoxy) is 1. The van der Waals surface area contributed by atoms with Crippen molar-refractivity contribution >= 4 is 43.2 Å². The monoisotopic (exact) mass is 556 g/mol. The van der Waals surface area contributed by atoms with E-state index in [1.807, 2.05) is 0 Å². The first kappa shape index (κ1) is 26.9. The minimum Gasteiger partial charge on any atom is -0.384 e. The zero-order valence-corrected chi connectivity index (χ0v) is 21.2. The van der Waals surface area contributed by atoms with E-state index in [0.717, 1.165) is 36.4 Å². The molecule has 1 fully saturated rings. The lowest BCUT2D eigenvalue weighted by Crippen LogP contribution is -2.41. The van der Waals surface area contributed by atoms with Crippen molar-refractivity contribution in [2.75, 3.05) is 26.0 Å². The van der Waals surface area contributed by atoms with Gasteiger partial charge in [0.05, 0.1) is 29.1 Å². The Morgan fingerprint density at radius 1 is 1.19 bits per heavy atom. The molecule has 0 aliphatic heterocycles. The molecule has 1 aliphatic carbocycles. The molecule has 4 rings (SSSR count). The van der Waals surface area contributed by atoms with Crippen molar-refractivity contribution in [2.45, 2.75) is 30.3 Å². The fourth-order valence-electron chi connectivity index (χ4n) is 3.51. The Morgan fingerprint density at radius 3 is 2.59 bits per heavy atom. The van der Waals surface area contributed by atoms with Crippen LogP contribution in [0.15, 0.2) is 36.5 Å². The van der Waals surface area contributed by atoms with Crippen molar-refractivity contribution in [3.05, 3.63) is 47.2 Å². The van der Waals surface area contributed by atoms with Crippen LogP contribution in [0.5, 0.6) is 0 Å². The minimum absolute atomic E-state index is 0.0194. The van der Waals surface area contributed by atoms with E-state index >= 15 is 0 Å². The SMILES string of the molecule is COCCS(=O)(=O)C(C(=O)NCC(=O)NC1CC1)c1nc2ccc(-c3ccnc(C(F)(F)F)c3)cc2s1. The number of sulfone groups is 1. The van der Waals surface area contributed by atoms with Crippen molar-refractivity contribution in [1.29, 1.82) is 0 Å². The molecule has 1 saturated carbocycles. The number of benzene rings is 1. The largest absolute Gasteiger partial charge is 0.433 e. The first-order valence-corrected chi connectivity index (χ1v) is 13.7. The molecule has 3 aromatic rings. The van der Waals surface area contributed by atoms with Crippen LogP contribution in [0.4, 0.5) is 13.2 Å². The second-order valence-corrected chi connectivity index (χ2v) is 11.7. The first-order chi connectivity index (χ1) is 17.5. The summed E-state index contributed by atoms with van der Waals surface area (Å²) in [6.45, 7) is -0.531. The van der Waals surface area contributed by atoms with E-state index in [2.05, 4.69) is 20.6 Å². The van der Waals surface area contributed by atoms with Crippen LogP contribution in [0.3, 0.4) is 0 Å². The molecule has 198 valence electrons. The molecule has 0 bridgehead atoms. The number of aromatic nitrogens is 2. The number of carbonyl (C=O) groups excluding carboxylic acids is 2. The Kier molecular flexibility index (Phi) is 7.80. The van der Waals surface area contributed by atoms with Gasteiger partial charge in [0.15, 0.2) is 15.1 Å². The quantitative estimate of drug-likeness (QED) is 0.393. The Bertz CT molecular complexity index is 1420. The topological polar surface area (TPSA) is 127 Å². The van der Waals surface area contributed by atoms with E-state index in [1.54, 1.807) is 12.1 Å². The van der Waals surface area contributed by atoms with E-state index in [4.69, 9.17) is 4.74 Å². The minimum atomic E-state index is -4.61. The van der Waals surface area contributed by atoms with Crippen molar-refractivity contribution in [1.82, 2.24) is 20.6 Å². The molecule has 14 heteroatoms. The molecule has 1 atom stereocenters. The second-order valence-electron chi connectivity index (χ2n) is 8.46. The predicted molar refractivity (Wildman–Crippen MR) is 130 cm³/mol. The van der Waals surface area contributed by atoms with Gasteiger partial charge in [-0.1, -0.05) is 6.07 Å². The van der Waals surface area contributed by atoms with Crippen LogP contribution in [-0.4, -0.2) is 62.3 Å². The van der Waals surface area contributed by atoms with Gasteiger partial charge in [0.25, 0.3) is 0 Å². The molecule has 2 amide bonds. The highest BCUT2D eigenvalue weighted by molar-refractivity contribution is 7.92. The summed E-state index contributed by atoms with van der Waals surface area (Å²) in [5, 5.41) is 3.38. The molecule has 1 aromatic carbocycles. The molecule has 37 heavy (non-hydrogen) atoms. The number of hydrogen-bond donors (Lipinski definition) is 2. The maximum absolute atomic E-state index is 13.1. The van der Waals surface area contributed by atoms with Crippen molar-refractivity contribution < 1.29 is 35.9 Å². The van der Waals surface area contributed by atoms with Gasteiger partial charge < -0.3 is 15.4 Å². The molecule has 0 radical (unpaired) electrons. The van der Waals surface area contributed by atoms with Crippen molar-refractivity contribution in [2.24, 2.45) is 0 Å². The van der Waals surface area contributed by atoms with Crippen LogP contribution in [-0.2, 0) is 30.3 Å². The molecule has 1 unspecified atom stereocenters. The fourth-order valence-corrected chi connectivity index (χ4v) is 6.49. The van der Waals surface area contributed by atoms with Gasteiger partial charge in [-0.25, -0.2) is 13.4 Å². The van der Waals surface area contributed by atoms with Gasteiger partial charge in [-0.2, -0.15) is 13.2 Å². The Balaban J connectivity index is 1.64. The highest BCUT2D eigenvalue weighted by atomic mass is 32.2. The average Bonchev–Trinajstić information content (AvgIpc) is 3.56. The number of halogens is 3. The molecule has 0 spiro atoms. The van der Waals surface area contributed by atoms with E-state index in [-0.39, 0.29) is 29.8 Å². The van der Waals surface area contributed by atoms with E-state index in [9.17, 15) is 31.2 Å². The van der Waals surface area contributed by atoms with Crippen molar-refractivity contribution in [3.8, 4) is 11.1 Å². The number of thiazole rings is 1. The van der Waals surface area contributed by atoms with E-state index in [1.165, 1.54) is 19.2 Å². The fraction of sp³-hybridized carbons (Fsp3) is 0.391. The van der Waals surface area contributed by atoms with Crippen LogP contribution in [0, 0.1) is 0 Å². The third-order valence-electron chi connectivity index (χ3n) is 5.55. The van der Waals surface area contributed by atoms with Crippen LogP contribution < -0.4 is 10.6 Å². The summed E-state index contributed by atoms with van der Waals surface area (Å²) >= 11 is 0.937. The zero-order valence-electron chi connectivity index (χ0n) is 19.5. The number of hydrogen-bond acceptors (Lipinski definition) is 8. The van der Waals surface area contributed by atoms with Crippen molar-refractivity contribution in [3.63, 3.8) is 0 Å². The standard InChI is InChI=1S/C23H23F3N4O5S2/c1-35-8-9-37(33,34)20(21(32)28-12-19(31)29-15-3-4-15)22-30-16-5-2-13(10-17(16)36-22)14-6-7-27-18(11-14)23(24,25)26/h2,5-7,10-11,15,20H,3-4,8-9,12H2,1H3,(H,28,32)(H,29,31). The predicted octanol–water partition coefficient (Wildman–Crippen LogP) is 2.87. The third-order valence-corrected chi connectivity index (χ3v) is 8.67. The Hall–Kier alpha value is -3.10. The second kappa shape index (κ2) is 10.7. The number of fused-ring (bicyclic) bond motifs is 1. The van der Waals surface area contributed by atoms with Gasteiger partial charge in [0.1, 0.15) is 10.7 Å². The number of nitrogens with zero attached hydrogens (tertiary/aromatic N) is 2. The van der Waals surface area contributed by atoms with Crippen LogP contribution in [0.2, 0.25) is 0 Å². The Labute approximate surface area is 214 Å². The summed E-state index contributed by atoms with van der Waals surface area (Å²) in [5.74, 6) is -1.77. The summed E-state index contributed by atoms with van der Waals surface area (Å²) in [6, 6.07) is 7.09. The van der Waals surface area contributed by atoms with Gasteiger partial charge in [0, 0.05) is 19.3 Å². The average molecular weight is 557 g/mol. The number of methoxy groups -OCH3 is 1. The van der Waals surface area contributed by atoms with Gasteiger partial charge in [-0.05, 0) is 48.2 Å². The molecule has 2 aromatic heterocycles. The maximum atomic E-state index is 13.1. The molecule has 2 N–H and O–H groups in total. The van der Waals surface area contributed by atoms with Gasteiger partial charge in [0.2, 0.25) is 11.8 Å². The van der Waals surface area contributed by atoms with Crippen LogP contribution in [0.1, 0.15) is 28.8 Å². The number of carbonyl (C=O) groups is 2. The molecule has 9 nitrogen and oxygen atoms in total. The summed E-state index contributed by atoms with van der Waals surface area (Å²) in [6.07, 6.45) is -1.83. The molecular weight excluding hydrogens is 533 g/mol. The Morgan fingerprint density at radius 2 is 1.92 bits per heavy atom. The van der Waals surface area contributed by atoms with Gasteiger partial charge >= 0.3 is 6.18 Å². The number of rotatable bonds is 10. The lowest BCUT2D eigenvalue weighted by molar-refractivity contribution is -0.141. The summed E-state index contributed by atoms with van der Waals surface area (Å²) in [4.78, 5) is 32.7. The lowest BCUT2D eigenvalue weighted by atomic mass is 10.1. The summed E-state index contributed by atoms with van der Waals surface area (Å²) in [7, 11) is -2.75. The smallest absolute Gasteiger partial charge is 0.384 e. The lowest BCUT2D eigenvalue weighted by Gasteiger charge is -2.15. The van der Waals surface area contributed by atoms with E-state index < -0.39 is 44.5 Å². The number of nitrogens with one attached hydrogen (secondary N) is 2. The highest BCUT2D eigenvalue weighted by Crippen LogP contribution is 2.35. The number of alkyl halides is 3. The molecule has 2 heterocycles. The van der Waals surface area contributed by atoms with E-state index in [0.29, 0.717) is 15.8 Å². The zero-order chi connectivity index (χ0) is 26.8. The number of amides is 2. The van der Waals surface area contributed by atoms with Crippen LogP contribution >= 0.6 is 11.3 Å². The highest BCUT2D eigenvalue weighted by Gasteiger charge is 2.37. The normalized spacial score (nSPS) is 14.9. The van der Waals surface area contributed by atoms with Gasteiger partial charge in [-0.3, -0.25) is 14.6 Å². The number of pyridine rings is 1. The molecule has 0 saturated heterocycles.